The van der Waals surface area contributed by atoms with Gasteiger partial charge in [0.2, 0.25) is 0 Å². The van der Waals surface area contributed by atoms with Crippen LogP contribution in [0.4, 0.5) is 4.39 Å². The Labute approximate surface area is 88.4 Å². The fraction of sp³-hybridized carbons (Fsp3) is 0.250. The average Bonchev–Trinajstić information content (AvgIpc) is 2.15. The Hall–Kier alpha value is -1.64. The zero-order valence-corrected chi connectivity index (χ0v) is 8.79. The molecule has 0 bridgehead atoms. The summed E-state index contributed by atoms with van der Waals surface area (Å²) in [5.41, 5.74) is 1.24. The van der Waals surface area contributed by atoms with E-state index in [1.807, 2.05) is 0 Å². The van der Waals surface area contributed by atoms with Crippen LogP contribution in [0.1, 0.15) is 19.4 Å². The van der Waals surface area contributed by atoms with Crippen molar-refractivity contribution in [3.05, 3.63) is 47.3 Å². The fourth-order valence-corrected chi connectivity index (χ4v) is 1.04. The summed E-state index contributed by atoms with van der Waals surface area (Å²) >= 11 is 0. The molecule has 0 radical (unpaired) electrons. The molecule has 1 aromatic carbocycles. The van der Waals surface area contributed by atoms with Gasteiger partial charge in [-0.2, -0.15) is 0 Å². The van der Waals surface area contributed by atoms with Crippen LogP contribution in [0.5, 0.6) is 0 Å². The third kappa shape index (κ3) is 3.94. The van der Waals surface area contributed by atoms with Gasteiger partial charge in [0.05, 0.1) is 0 Å². The van der Waals surface area contributed by atoms with Crippen LogP contribution < -0.4 is 0 Å². The summed E-state index contributed by atoms with van der Waals surface area (Å²) in [5.74, 6) is -0.805. The predicted octanol–water partition coefficient (Wildman–Crippen LogP) is 2.84. The van der Waals surface area contributed by atoms with Crippen molar-refractivity contribution < 1.29 is 13.9 Å². The summed E-state index contributed by atoms with van der Waals surface area (Å²) in [4.78, 5) is 11.1. The number of esters is 1. The summed E-state index contributed by atoms with van der Waals surface area (Å²) in [6.45, 7) is 3.56. The van der Waals surface area contributed by atoms with Crippen molar-refractivity contribution in [2.75, 3.05) is 0 Å². The molecular weight excluding hydrogens is 195 g/mol. The van der Waals surface area contributed by atoms with Crippen LogP contribution in [0.25, 0.3) is 0 Å². The number of ether oxygens (including phenoxy) is 1. The summed E-state index contributed by atoms with van der Waals surface area (Å²) in [7, 11) is 0. The van der Waals surface area contributed by atoms with E-state index in [4.69, 9.17) is 4.74 Å². The smallest absolute Gasteiger partial charge is 0.331 e. The lowest BCUT2D eigenvalue weighted by atomic mass is 10.2. The maximum absolute atomic E-state index is 13.1. The third-order valence-corrected chi connectivity index (χ3v) is 1.73. The predicted molar refractivity (Wildman–Crippen MR) is 55.6 cm³/mol. The quantitative estimate of drug-likeness (QED) is 0.564. The van der Waals surface area contributed by atoms with Crippen molar-refractivity contribution >= 4 is 5.97 Å². The first-order chi connectivity index (χ1) is 7.09. The highest BCUT2D eigenvalue weighted by molar-refractivity contribution is 5.82. The van der Waals surface area contributed by atoms with Gasteiger partial charge in [0.15, 0.2) is 0 Å². The number of rotatable bonds is 3. The number of carbonyl (C=O) groups excluding carboxylic acids is 1. The Morgan fingerprint density at radius 3 is 2.67 bits per heavy atom. The van der Waals surface area contributed by atoms with Crippen LogP contribution in [0.3, 0.4) is 0 Å². The summed E-state index contributed by atoms with van der Waals surface area (Å²) in [6.07, 6.45) is 1.38. The minimum Gasteiger partial charge on any atom is -0.458 e. The molecule has 0 atom stereocenters. The molecule has 0 N–H and O–H groups in total. The summed E-state index contributed by atoms with van der Waals surface area (Å²) in [6, 6.07) is 6.22. The standard InChI is InChI=1S/C12H13FO2/c1-9(2)7-12(14)15-8-10-5-3-4-6-11(10)13/h3-7H,8H2,1-2H3. The minimum absolute atomic E-state index is 0.0325. The Kier molecular flexibility index (Phi) is 4.03. The van der Waals surface area contributed by atoms with Crippen molar-refractivity contribution in [3.8, 4) is 0 Å². The molecule has 0 amide bonds. The first kappa shape index (κ1) is 11.4. The van der Waals surface area contributed by atoms with Crippen LogP contribution in [-0.4, -0.2) is 5.97 Å². The maximum atomic E-state index is 13.1. The molecule has 2 nitrogen and oxygen atoms in total. The van der Waals surface area contributed by atoms with Crippen LogP contribution >= 0.6 is 0 Å². The molecule has 0 aromatic heterocycles. The summed E-state index contributed by atoms with van der Waals surface area (Å²) < 4.78 is 18.0. The molecule has 0 saturated heterocycles. The number of halogens is 1. The van der Waals surface area contributed by atoms with Crippen LogP contribution in [-0.2, 0) is 16.1 Å². The van der Waals surface area contributed by atoms with Gasteiger partial charge >= 0.3 is 5.97 Å². The van der Waals surface area contributed by atoms with Crippen molar-refractivity contribution in [3.63, 3.8) is 0 Å². The van der Waals surface area contributed by atoms with Gasteiger partial charge in [0.1, 0.15) is 12.4 Å². The molecule has 1 aromatic rings. The van der Waals surface area contributed by atoms with E-state index in [0.29, 0.717) is 5.56 Å². The molecule has 0 fully saturated rings. The Balaban J connectivity index is 2.55. The lowest BCUT2D eigenvalue weighted by Crippen LogP contribution is -2.02. The second kappa shape index (κ2) is 5.29. The number of allylic oxidation sites excluding steroid dienone is 1. The Bertz CT molecular complexity index is 379. The van der Waals surface area contributed by atoms with Gasteiger partial charge in [-0.05, 0) is 19.9 Å². The SMILES string of the molecule is CC(C)=CC(=O)OCc1ccccc1F. The van der Waals surface area contributed by atoms with Gasteiger partial charge in [0.25, 0.3) is 0 Å². The molecule has 15 heavy (non-hydrogen) atoms. The van der Waals surface area contributed by atoms with E-state index >= 15 is 0 Å². The molecule has 0 aliphatic rings. The lowest BCUT2D eigenvalue weighted by molar-refractivity contribution is -0.139. The van der Waals surface area contributed by atoms with Gasteiger partial charge in [0, 0.05) is 11.6 Å². The molecule has 0 aliphatic heterocycles. The second-order valence-electron chi connectivity index (χ2n) is 3.42. The molecule has 3 heteroatoms. The zero-order valence-electron chi connectivity index (χ0n) is 8.79. The monoisotopic (exact) mass is 208 g/mol. The van der Waals surface area contributed by atoms with Gasteiger partial charge < -0.3 is 4.74 Å². The fourth-order valence-electron chi connectivity index (χ4n) is 1.04. The summed E-state index contributed by atoms with van der Waals surface area (Å²) in [5, 5.41) is 0. The first-order valence-electron chi connectivity index (χ1n) is 4.64. The lowest BCUT2D eigenvalue weighted by Gasteiger charge is -2.03. The molecule has 0 unspecified atom stereocenters. The number of hydrogen-bond donors (Lipinski definition) is 0. The largest absolute Gasteiger partial charge is 0.458 e. The normalized spacial score (nSPS) is 9.53. The topological polar surface area (TPSA) is 26.3 Å². The van der Waals surface area contributed by atoms with Crippen molar-refractivity contribution in [2.45, 2.75) is 20.5 Å². The van der Waals surface area contributed by atoms with E-state index in [-0.39, 0.29) is 12.4 Å². The minimum atomic E-state index is -0.446. The molecule has 80 valence electrons. The van der Waals surface area contributed by atoms with E-state index < -0.39 is 5.97 Å². The highest BCUT2D eigenvalue weighted by Gasteiger charge is 2.03. The van der Waals surface area contributed by atoms with Crippen LogP contribution in [0, 0.1) is 5.82 Å². The zero-order chi connectivity index (χ0) is 11.3. The van der Waals surface area contributed by atoms with Gasteiger partial charge in [-0.3, -0.25) is 0 Å². The number of hydrogen-bond acceptors (Lipinski definition) is 2. The Morgan fingerprint density at radius 2 is 2.07 bits per heavy atom. The van der Waals surface area contributed by atoms with Crippen molar-refractivity contribution in [1.82, 2.24) is 0 Å². The highest BCUT2D eigenvalue weighted by Crippen LogP contribution is 2.07. The maximum Gasteiger partial charge on any atom is 0.331 e. The van der Waals surface area contributed by atoms with E-state index in [0.717, 1.165) is 5.57 Å². The Morgan fingerprint density at radius 1 is 1.40 bits per heavy atom. The number of carbonyl (C=O) groups is 1. The van der Waals surface area contributed by atoms with Crippen molar-refractivity contribution in [2.24, 2.45) is 0 Å². The molecule has 1 rings (SSSR count). The molecule has 0 spiro atoms. The molecular formula is C12H13FO2. The number of benzene rings is 1. The highest BCUT2D eigenvalue weighted by atomic mass is 19.1. The van der Waals surface area contributed by atoms with Crippen LogP contribution in [0.15, 0.2) is 35.9 Å². The molecule has 0 aliphatic carbocycles. The molecule has 0 heterocycles. The van der Waals surface area contributed by atoms with Crippen LogP contribution in [0.2, 0.25) is 0 Å². The van der Waals surface area contributed by atoms with Gasteiger partial charge in [-0.25, -0.2) is 9.18 Å². The van der Waals surface area contributed by atoms with Crippen molar-refractivity contribution in [1.29, 1.82) is 0 Å². The molecule has 0 saturated carbocycles. The van der Waals surface area contributed by atoms with Gasteiger partial charge in [-0.15, -0.1) is 0 Å². The second-order valence-corrected chi connectivity index (χ2v) is 3.42. The van der Waals surface area contributed by atoms with E-state index in [9.17, 15) is 9.18 Å². The average molecular weight is 208 g/mol. The van der Waals surface area contributed by atoms with Gasteiger partial charge in [-0.1, -0.05) is 23.8 Å². The van der Waals surface area contributed by atoms with E-state index in [1.54, 1.807) is 32.0 Å². The third-order valence-electron chi connectivity index (χ3n) is 1.73. The van der Waals surface area contributed by atoms with E-state index in [1.165, 1.54) is 12.1 Å². The first-order valence-corrected chi connectivity index (χ1v) is 4.64. The van der Waals surface area contributed by atoms with E-state index in [2.05, 4.69) is 0 Å².